The lowest BCUT2D eigenvalue weighted by molar-refractivity contribution is -0.127. The Bertz CT molecular complexity index is 830. The molecule has 2 rings (SSSR count). The van der Waals surface area contributed by atoms with Gasteiger partial charge in [0.15, 0.2) is 0 Å². The van der Waals surface area contributed by atoms with Crippen molar-refractivity contribution in [3.8, 4) is 6.07 Å². The van der Waals surface area contributed by atoms with Crippen molar-refractivity contribution < 1.29 is 19.6 Å². The molecule has 0 spiro atoms. The zero-order chi connectivity index (χ0) is 23.0. The Hall–Kier alpha value is -2.83. The highest BCUT2D eigenvalue weighted by Gasteiger charge is 2.32. The van der Waals surface area contributed by atoms with Crippen LogP contribution < -0.4 is 10.6 Å². The maximum absolute atomic E-state index is 12.8. The van der Waals surface area contributed by atoms with Gasteiger partial charge in [-0.05, 0) is 30.2 Å². The fraction of sp³-hybridized carbons (Fsp3) is 0.500. The van der Waals surface area contributed by atoms with Gasteiger partial charge in [0.05, 0.1) is 5.94 Å². The highest BCUT2D eigenvalue weighted by Crippen LogP contribution is 2.23. The Balaban J connectivity index is 1.94. The number of allylic oxidation sites excluding steroid dienone is 1. The number of nitriles is 1. The quantitative estimate of drug-likeness (QED) is 0.298. The van der Waals surface area contributed by atoms with Crippen molar-refractivity contribution in [3.05, 3.63) is 47.5 Å². The van der Waals surface area contributed by atoms with Gasteiger partial charge in [-0.3, -0.25) is 4.79 Å². The molecule has 8 nitrogen and oxygen atoms in total. The minimum atomic E-state index is -1.71. The second kappa shape index (κ2) is 11.0. The van der Waals surface area contributed by atoms with Crippen molar-refractivity contribution in [1.82, 2.24) is 15.5 Å². The van der Waals surface area contributed by atoms with Crippen LogP contribution in [0.5, 0.6) is 0 Å². The first-order chi connectivity index (χ1) is 14.6. The number of nitrogens with zero attached hydrogens (tertiary/aromatic N) is 2. The fourth-order valence-corrected chi connectivity index (χ4v) is 3.57. The summed E-state index contributed by atoms with van der Waals surface area (Å²) in [6, 6.07) is 10.5. The van der Waals surface area contributed by atoms with Crippen LogP contribution in [0.25, 0.3) is 0 Å². The predicted octanol–water partition coefficient (Wildman–Crippen LogP) is 1.40. The van der Waals surface area contributed by atoms with Crippen molar-refractivity contribution in [2.24, 2.45) is 5.41 Å². The Kier molecular flexibility index (Phi) is 8.66. The predicted molar refractivity (Wildman–Crippen MR) is 119 cm³/mol. The van der Waals surface area contributed by atoms with Crippen LogP contribution in [0, 0.1) is 16.7 Å². The normalized spacial score (nSPS) is 17.6. The molecule has 166 valence electrons. The van der Waals surface area contributed by atoms with E-state index < -0.39 is 19.1 Å². The van der Waals surface area contributed by atoms with Gasteiger partial charge in [-0.2, -0.15) is 5.26 Å². The summed E-state index contributed by atoms with van der Waals surface area (Å²) in [5.74, 6) is -1.20. The third-order valence-electron chi connectivity index (χ3n) is 5.04. The molecule has 0 aromatic heterocycles. The number of amides is 3. The summed E-state index contributed by atoms with van der Waals surface area (Å²) in [7, 11) is -1.71. The van der Waals surface area contributed by atoms with Crippen molar-refractivity contribution in [2.75, 3.05) is 13.1 Å². The van der Waals surface area contributed by atoms with Crippen molar-refractivity contribution in [1.29, 1.82) is 5.26 Å². The molecule has 1 aliphatic heterocycles. The van der Waals surface area contributed by atoms with Crippen molar-refractivity contribution in [3.63, 3.8) is 0 Å². The molecular weight excluding hydrogens is 395 g/mol. The molecule has 31 heavy (non-hydrogen) atoms. The first-order valence-corrected chi connectivity index (χ1v) is 10.5. The number of benzene rings is 1. The van der Waals surface area contributed by atoms with Crippen LogP contribution >= 0.6 is 0 Å². The van der Waals surface area contributed by atoms with Gasteiger partial charge in [0.2, 0.25) is 0 Å². The van der Waals surface area contributed by atoms with Crippen molar-refractivity contribution in [2.45, 2.75) is 52.0 Å². The van der Waals surface area contributed by atoms with Gasteiger partial charge in [0.25, 0.3) is 5.91 Å². The zero-order valence-corrected chi connectivity index (χ0v) is 18.3. The smallest absolute Gasteiger partial charge is 0.426 e. The highest BCUT2D eigenvalue weighted by atomic mass is 16.4. The largest absolute Gasteiger partial charge is 0.475 e. The Morgan fingerprint density at radius 1 is 1.32 bits per heavy atom. The minimum Gasteiger partial charge on any atom is -0.426 e. The fourth-order valence-electron chi connectivity index (χ4n) is 3.57. The SMILES string of the molecule is CC(C)(C)C=C(C#N)C(=O)N1CCCC1CNC(=O)N[C@@H](Cc1ccccc1)B(O)O. The monoisotopic (exact) mass is 426 g/mol. The van der Waals surface area contributed by atoms with E-state index in [-0.39, 0.29) is 35.9 Å². The molecular formula is C22H31BN4O4. The van der Waals surface area contributed by atoms with Gasteiger partial charge in [0.1, 0.15) is 11.6 Å². The molecule has 0 saturated carbocycles. The minimum absolute atomic E-state index is 0.107. The van der Waals surface area contributed by atoms with E-state index in [4.69, 9.17) is 0 Å². The van der Waals surface area contributed by atoms with E-state index in [1.54, 1.807) is 11.0 Å². The molecule has 1 unspecified atom stereocenters. The Morgan fingerprint density at radius 2 is 2.00 bits per heavy atom. The first kappa shape index (κ1) is 24.4. The van der Waals surface area contributed by atoms with E-state index in [9.17, 15) is 24.9 Å². The van der Waals surface area contributed by atoms with E-state index in [0.29, 0.717) is 6.54 Å². The van der Waals surface area contributed by atoms with Crippen LogP contribution in [0.1, 0.15) is 39.2 Å². The van der Waals surface area contributed by atoms with Gasteiger partial charge in [-0.1, -0.05) is 57.2 Å². The van der Waals surface area contributed by atoms with Crippen LogP contribution in [0.15, 0.2) is 42.0 Å². The highest BCUT2D eigenvalue weighted by molar-refractivity contribution is 6.43. The number of carbonyl (C=O) groups excluding carboxylic acids is 2. The number of hydrogen-bond donors (Lipinski definition) is 4. The summed E-state index contributed by atoms with van der Waals surface area (Å²) < 4.78 is 0. The average Bonchev–Trinajstić information content (AvgIpc) is 3.18. The van der Waals surface area contributed by atoms with Crippen LogP contribution in [-0.2, 0) is 11.2 Å². The lowest BCUT2D eigenvalue weighted by Gasteiger charge is -2.26. The van der Waals surface area contributed by atoms with E-state index in [1.807, 2.05) is 57.2 Å². The molecule has 9 heteroatoms. The lowest BCUT2D eigenvalue weighted by Crippen LogP contribution is -2.53. The molecule has 3 amide bonds. The molecule has 0 bridgehead atoms. The van der Waals surface area contributed by atoms with E-state index in [1.165, 1.54) is 0 Å². The van der Waals surface area contributed by atoms with Crippen LogP contribution in [-0.4, -0.2) is 59.1 Å². The molecule has 1 saturated heterocycles. The average molecular weight is 426 g/mol. The molecule has 0 radical (unpaired) electrons. The van der Waals surface area contributed by atoms with Gasteiger partial charge in [0, 0.05) is 19.1 Å². The number of nitrogens with one attached hydrogen (secondary N) is 2. The molecule has 0 aliphatic carbocycles. The van der Waals surface area contributed by atoms with Gasteiger partial charge < -0.3 is 25.6 Å². The third kappa shape index (κ3) is 7.74. The van der Waals surface area contributed by atoms with Crippen molar-refractivity contribution >= 4 is 19.1 Å². The van der Waals surface area contributed by atoms with Crippen LogP contribution in [0.2, 0.25) is 0 Å². The van der Waals surface area contributed by atoms with E-state index >= 15 is 0 Å². The summed E-state index contributed by atoms with van der Waals surface area (Å²) in [5, 5.41) is 33.9. The summed E-state index contributed by atoms with van der Waals surface area (Å²) >= 11 is 0. The van der Waals surface area contributed by atoms with Crippen LogP contribution in [0.3, 0.4) is 0 Å². The Morgan fingerprint density at radius 3 is 2.58 bits per heavy atom. The summed E-state index contributed by atoms with van der Waals surface area (Å²) in [5.41, 5.74) is 0.672. The number of rotatable bonds is 7. The maximum Gasteiger partial charge on any atom is 0.475 e. The second-order valence-electron chi connectivity index (χ2n) is 8.89. The lowest BCUT2D eigenvalue weighted by atomic mass is 9.76. The molecule has 1 aliphatic rings. The molecule has 2 atom stereocenters. The molecule has 4 N–H and O–H groups in total. The van der Waals surface area contributed by atoms with Gasteiger partial charge in [-0.25, -0.2) is 4.79 Å². The maximum atomic E-state index is 12.8. The zero-order valence-electron chi connectivity index (χ0n) is 18.3. The van der Waals surface area contributed by atoms with E-state index in [0.717, 1.165) is 18.4 Å². The second-order valence-corrected chi connectivity index (χ2v) is 8.89. The van der Waals surface area contributed by atoms with Gasteiger partial charge >= 0.3 is 13.1 Å². The topological polar surface area (TPSA) is 126 Å². The third-order valence-corrected chi connectivity index (χ3v) is 5.04. The van der Waals surface area contributed by atoms with Gasteiger partial charge in [-0.15, -0.1) is 0 Å². The number of carbonyl (C=O) groups is 2. The molecule has 1 aromatic carbocycles. The molecule has 1 aromatic rings. The molecule has 1 fully saturated rings. The standard InChI is InChI=1S/C22H31BN4O4/c1-22(2,3)13-17(14-24)20(28)27-11-7-10-18(27)15-25-21(29)26-19(23(30)31)12-16-8-5-4-6-9-16/h4-6,8-9,13,18-19,30-31H,7,10-12,15H2,1-3H3,(H2,25,26,29)/t18?,19-/m0/s1. The first-order valence-electron chi connectivity index (χ1n) is 10.5. The number of likely N-dealkylation sites (tertiary alicyclic amines) is 1. The summed E-state index contributed by atoms with van der Waals surface area (Å²) in [6.07, 6.45) is 3.45. The molecule has 1 heterocycles. The summed E-state index contributed by atoms with van der Waals surface area (Å²) in [6.45, 7) is 6.51. The number of urea groups is 1. The van der Waals surface area contributed by atoms with Crippen LogP contribution in [0.4, 0.5) is 4.79 Å². The number of hydrogen-bond acceptors (Lipinski definition) is 5. The summed E-state index contributed by atoms with van der Waals surface area (Å²) in [4.78, 5) is 26.8. The Labute approximate surface area is 184 Å². The van der Waals surface area contributed by atoms with E-state index in [2.05, 4.69) is 10.6 Å².